The van der Waals surface area contributed by atoms with Crippen molar-refractivity contribution in [3.63, 3.8) is 0 Å². The minimum absolute atomic E-state index is 0.00486. The summed E-state index contributed by atoms with van der Waals surface area (Å²) in [5.74, 6) is -0.301. The van der Waals surface area contributed by atoms with Crippen LogP contribution in [-0.2, 0) is 10.0 Å². The first kappa shape index (κ1) is 17.1. The number of rotatable bonds is 5. The van der Waals surface area contributed by atoms with Crippen molar-refractivity contribution in [1.82, 2.24) is 4.72 Å². The highest BCUT2D eigenvalue weighted by Gasteiger charge is 2.23. The standard InChI is InChI=1S/C17H20N2O3S2/c20-17(18-13-7-3-1-4-8-13)16-11-15(12-23-16)24(21,22)19-14-9-5-2-6-10-14/h1,3-4,7-8,11-12,14,19H,2,5-6,9-10H2,(H,18,20). The van der Waals surface area contributed by atoms with Crippen molar-refractivity contribution in [2.75, 3.05) is 5.32 Å². The Morgan fingerprint density at radius 1 is 1.08 bits per heavy atom. The van der Waals surface area contributed by atoms with Crippen LogP contribution in [0.1, 0.15) is 41.8 Å². The molecule has 0 bridgehead atoms. The maximum Gasteiger partial charge on any atom is 0.265 e. The molecule has 0 saturated heterocycles. The van der Waals surface area contributed by atoms with Crippen LogP contribution in [0.15, 0.2) is 46.7 Å². The first-order valence-corrected chi connectivity index (χ1v) is 10.4. The van der Waals surface area contributed by atoms with Crippen LogP contribution in [0, 0.1) is 0 Å². The molecule has 0 unspecified atom stereocenters. The Hall–Kier alpha value is -1.70. The Kier molecular flexibility index (Phi) is 5.33. The molecule has 0 aliphatic heterocycles. The van der Waals surface area contributed by atoms with Crippen LogP contribution in [0.2, 0.25) is 0 Å². The SMILES string of the molecule is O=C(Nc1ccccc1)c1cc(S(=O)(=O)NC2CCCCC2)cs1. The normalized spacial score (nSPS) is 16.0. The smallest absolute Gasteiger partial charge is 0.265 e. The molecule has 1 aromatic heterocycles. The largest absolute Gasteiger partial charge is 0.321 e. The zero-order valence-electron chi connectivity index (χ0n) is 13.2. The van der Waals surface area contributed by atoms with Gasteiger partial charge >= 0.3 is 0 Å². The molecule has 1 aromatic carbocycles. The highest BCUT2D eigenvalue weighted by molar-refractivity contribution is 7.89. The molecular weight excluding hydrogens is 344 g/mol. The molecule has 7 heteroatoms. The van der Waals surface area contributed by atoms with Crippen LogP contribution in [-0.4, -0.2) is 20.4 Å². The predicted octanol–water partition coefficient (Wildman–Crippen LogP) is 3.61. The van der Waals surface area contributed by atoms with Gasteiger partial charge in [0.25, 0.3) is 5.91 Å². The monoisotopic (exact) mass is 364 g/mol. The number of carbonyl (C=O) groups excluding carboxylic acids is 1. The third-order valence-electron chi connectivity index (χ3n) is 4.07. The van der Waals surface area contributed by atoms with E-state index in [4.69, 9.17) is 0 Å². The van der Waals surface area contributed by atoms with Crippen LogP contribution >= 0.6 is 11.3 Å². The fourth-order valence-electron chi connectivity index (χ4n) is 2.80. The van der Waals surface area contributed by atoms with Gasteiger partial charge < -0.3 is 5.32 Å². The van der Waals surface area contributed by atoms with E-state index in [1.165, 1.54) is 17.9 Å². The predicted molar refractivity (Wildman–Crippen MR) is 95.9 cm³/mol. The molecule has 1 saturated carbocycles. The summed E-state index contributed by atoms with van der Waals surface area (Å²) in [7, 11) is -3.57. The highest BCUT2D eigenvalue weighted by Crippen LogP contribution is 2.23. The van der Waals surface area contributed by atoms with Crippen LogP contribution < -0.4 is 10.0 Å². The number of anilines is 1. The lowest BCUT2D eigenvalue weighted by Gasteiger charge is -2.22. The van der Waals surface area contributed by atoms with Gasteiger partial charge in [0.15, 0.2) is 0 Å². The van der Waals surface area contributed by atoms with E-state index in [0.29, 0.717) is 10.6 Å². The van der Waals surface area contributed by atoms with E-state index in [0.717, 1.165) is 37.0 Å². The van der Waals surface area contributed by atoms with Crippen molar-refractivity contribution < 1.29 is 13.2 Å². The highest BCUT2D eigenvalue weighted by atomic mass is 32.2. The number of thiophene rings is 1. The topological polar surface area (TPSA) is 75.3 Å². The van der Waals surface area contributed by atoms with E-state index < -0.39 is 10.0 Å². The molecule has 128 valence electrons. The van der Waals surface area contributed by atoms with Crippen molar-refractivity contribution in [2.24, 2.45) is 0 Å². The van der Waals surface area contributed by atoms with Gasteiger partial charge in [0.1, 0.15) is 0 Å². The van der Waals surface area contributed by atoms with E-state index in [1.54, 1.807) is 12.1 Å². The van der Waals surface area contributed by atoms with Crippen molar-refractivity contribution in [2.45, 2.75) is 43.0 Å². The van der Waals surface area contributed by atoms with Gasteiger partial charge in [0, 0.05) is 17.1 Å². The maximum atomic E-state index is 12.5. The Morgan fingerprint density at radius 2 is 1.79 bits per heavy atom. The number of hydrogen-bond donors (Lipinski definition) is 2. The van der Waals surface area contributed by atoms with Gasteiger partial charge in [-0.25, -0.2) is 13.1 Å². The molecule has 2 aromatic rings. The van der Waals surface area contributed by atoms with Crippen LogP contribution in [0.4, 0.5) is 5.69 Å². The molecule has 0 radical (unpaired) electrons. The Balaban J connectivity index is 1.68. The molecule has 1 aliphatic rings. The van der Waals surface area contributed by atoms with E-state index in [2.05, 4.69) is 10.0 Å². The van der Waals surface area contributed by atoms with Gasteiger partial charge in [-0.3, -0.25) is 4.79 Å². The average Bonchev–Trinajstić information content (AvgIpc) is 3.07. The van der Waals surface area contributed by atoms with Gasteiger partial charge in [-0.15, -0.1) is 11.3 Å². The lowest BCUT2D eigenvalue weighted by atomic mass is 9.96. The van der Waals surface area contributed by atoms with Crippen molar-refractivity contribution in [1.29, 1.82) is 0 Å². The summed E-state index contributed by atoms with van der Waals surface area (Å²) in [4.78, 5) is 12.8. The molecule has 1 aliphatic carbocycles. The third-order valence-corrected chi connectivity index (χ3v) is 6.65. The molecule has 24 heavy (non-hydrogen) atoms. The fraction of sp³-hybridized carbons (Fsp3) is 0.353. The summed E-state index contributed by atoms with van der Waals surface area (Å²) in [6.07, 6.45) is 5.04. The van der Waals surface area contributed by atoms with Crippen molar-refractivity contribution in [3.8, 4) is 0 Å². The first-order valence-electron chi connectivity index (χ1n) is 8.02. The summed E-state index contributed by atoms with van der Waals surface area (Å²) in [5, 5.41) is 4.28. The number of para-hydroxylation sites is 1. The summed E-state index contributed by atoms with van der Waals surface area (Å²) in [6.45, 7) is 0. The summed E-state index contributed by atoms with van der Waals surface area (Å²) in [6, 6.07) is 10.5. The van der Waals surface area contributed by atoms with Crippen molar-refractivity contribution in [3.05, 3.63) is 46.7 Å². The lowest BCUT2D eigenvalue weighted by molar-refractivity contribution is 0.103. The van der Waals surface area contributed by atoms with E-state index in [-0.39, 0.29) is 16.8 Å². The van der Waals surface area contributed by atoms with Crippen molar-refractivity contribution >= 4 is 33.0 Å². The molecule has 0 atom stereocenters. The Morgan fingerprint density at radius 3 is 2.50 bits per heavy atom. The second kappa shape index (κ2) is 7.46. The second-order valence-electron chi connectivity index (χ2n) is 5.92. The quantitative estimate of drug-likeness (QED) is 0.851. The van der Waals surface area contributed by atoms with Crippen LogP contribution in [0.25, 0.3) is 0 Å². The fourth-order valence-corrected chi connectivity index (χ4v) is 5.27. The third kappa shape index (κ3) is 4.23. The molecule has 1 fully saturated rings. The van der Waals surface area contributed by atoms with Gasteiger partial charge in [-0.1, -0.05) is 37.5 Å². The molecule has 0 spiro atoms. The Bertz CT molecular complexity index is 794. The molecular formula is C17H20N2O3S2. The minimum atomic E-state index is -3.57. The molecule has 1 amide bonds. The van der Waals surface area contributed by atoms with Crippen LogP contribution in [0.3, 0.4) is 0 Å². The van der Waals surface area contributed by atoms with E-state index >= 15 is 0 Å². The van der Waals surface area contributed by atoms with Gasteiger partial charge in [0.2, 0.25) is 10.0 Å². The summed E-state index contributed by atoms with van der Waals surface area (Å²) < 4.78 is 27.7. The number of carbonyl (C=O) groups is 1. The summed E-state index contributed by atoms with van der Waals surface area (Å²) in [5.41, 5.74) is 0.681. The molecule has 5 nitrogen and oxygen atoms in total. The maximum absolute atomic E-state index is 12.5. The van der Waals surface area contributed by atoms with Gasteiger partial charge in [0.05, 0.1) is 9.77 Å². The number of hydrogen-bond acceptors (Lipinski definition) is 4. The zero-order chi connectivity index (χ0) is 17.0. The lowest BCUT2D eigenvalue weighted by Crippen LogP contribution is -2.35. The average molecular weight is 364 g/mol. The summed E-state index contributed by atoms with van der Waals surface area (Å²) >= 11 is 1.13. The van der Waals surface area contributed by atoms with Gasteiger partial charge in [-0.05, 0) is 31.0 Å². The van der Waals surface area contributed by atoms with E-state index in [1.807, 2.05) is 18.2 Å². The van der Waals surface area contributed by atoms with E-state index in [9.17, 15) is 13.2 Å². The first-order chi connectivity index (χ1) is 11.5. The molecule has 1 heterocycles. The minimum Gasteiger partial charge on any atom is -0.321 e. The Labute approximate surface area is 146 Å². The number of nitrogens with one attached hydrogen (secondary N) is 2. The van der Waals surface area contributed by atoms with Crippen LogP contribution in [0.5, 0.6) is 0 Å². The molecule has 3 rings (SSSR count). The number of sulfonamides is 1. The van der Waals surface area contributed by atoms with Gasteiger partial charge in [-0.2, -0.15) is 0 Å². The second-order valence-corrected chi connectivity index (χ2v) is 8.55. The number of benzene rings is 1. The number of amides is 1. The zero-order valence-corrected chi connectivity index (χ0v) is 14.8. The molecule has 2 N–H and O–H groups in total.